The summed E-state index contributed by atoms with van der Waals surface area (Å²) in [5.41, 5.74) is 2.78. The molecule has 0 spiro atoms. The summed E-state index contributed by atoms with van der Waals surface area (Å²) in [7, 11) is 7.59. The van der Waals surface area contributed by atoms with Gasteiger partial charge in [-0.05, 0) is 49.2 Å². The Morgan fingerprint density at radius 3 is 2.26 bits per heavy atom. The zero-order chi connectivity index (χ0) is 26.9. The van der Waals surface area contributed by atoms with Gasteiger partial charge in [0.25, 0.3) is 0 Å². The average Bonchev–Trinajstić information content (AvgIpc) is 2.91. The third kappa shape index (κ3) is 7.24. The molecule has 209 valence electrons. The minimum absolute atomic E-state index is 0. The molecule has 0 saturated heterocycles. The molecule has 2 aromatic carbocycles. The summed E-state index contributed by atoms with van der Waals surface area (Å²) in [6.07, 6.45) is 1.02. The fourth-order valence-corrected chi connectivity index (χ4v) is 4.33. The SMILES string of the molecule is CN[C-]1C(=O)N[C@@H](CCCOC)C(=O)N[C@H](C(=O)OC)Cc2ccc(OC)c(c2)-c2cc1ccc2OC.[Rh]. The van der Waals surface area contributed by atoms with Gasteiger partial charge in [0.1, 0.15) is 23.6 Å². The van der Waals surface area contributed by atoms with E-state index in [0.717, 1.165) is 5.56 Å². The number of benzene rings is 2. The predicted molar refractivity (Wildman–Crippen MR) is 137 cm³/mol. The Balaban J connectivity index is 0.00000507. The third-order valence-corrected chi connectivity index (χ3v) is 6.22. The predicted octanol–water partition coefficient (Wildman–Crippen LogP) is 1.59. The molecule has 1 heterocycles. The Morgan fingerprint density at radius 2 is 1.66 bits per heavy atom. The molecule has 11 heteroatoms. The molecule has 1 aliphatic rings. The van der Waals surface area contributed by atoms with Crippen molar-refractivity contribution in [2.24, 2.45) is 0 Å². The van der Waals surface area contributed by atoms with Gasteiger partial charge in [-0.1, -0.05) is 12.1 Å². The minimum atomic E-state index is -0.968. The second-order valence-electron chi connectivity index (χ2n) is 8.52. The van der Waals surface area contributed by atoms with Gasteiger partial charge in [0.05, 0.1) is 21.3 Å². The van der Waals surface area contributed by atoms with Gasteiger partial charge in [-0.15, -0.1) is 6.07 Å². The molecule has 0 unspecified atom stereocenters. The van der Waals surface area contributed by atoms with Crippen molar-refractivity contribution in [1.82, 2.24) is 16.0 Å². The summed E-state index contributed by atoms with van der Waals surface area (Å²) < 4.78 is 21.3. The van der Waals surface area contributed by atoms with Crippen LogP contribution in [0.2, 0.25) is 0 Å². The summed E-state index contributed by atoms with van der Waals surface area (Å²) in [5, 5.41) is 8.53. The van der Waals surface area contributed by atoms with Crippen molar-refractivity contribution in [2.75, 3.05) is 42.1 Å². The van der Waals surface area contributed by atoms with Gasteiger partial charge < -0.3 is 34.9 Å². The van der Waals surface area contributed by atoms with Crippen LogP contribution in [-0.2, 0) is 49.8 Å². The smallest absolute Gasteiger partial charge is 0.328 e. The van der Waals surface area contributed by atoms with Crippen molar-refractivity contribution in [3.63, 3.8) is 0 Å². The summed E-state index contributed by atoms with van der Waals surface area (Å²) in [5.74, 6) is -0.391. The summed E-state index contributed by atoms with van der Waals surface area (Å²) in [4.78, 5) is 39.3. The van der Waals surface area contributed by atoms with Crippen LogP contribution < -0.4 is 25.4 Å². The standard InChI is InChI=1S/C27H34N3O7.Rh/c1-28-24-17-9-11-23(36-4)19(15-17)18-13-16(8-10-22(18)35-3)14-21(27(33)37-5)30-25(31)20(29-26(24)32)7-6-12-34-2;/h8-11,13,15,20-21,28H,6-7,12,14H2,1-5H3,(H,29,32)(H,30,31);/q-1;/t20-,21-;/m0./s1. The number of carbonyl (C=O) groups is 3. The van der Waals surface area contributed by atoms with E-state index in [1.165, 1.54) is 7.11 Å². The number of esters is 1. The molecule has 0 aliphatic carbocycles. The first-order valence-electron chi connectivity index (χ1n) is 11.9. The Hall–Kier alpha value is -3.14. The minimum Gasteiger partial charge on any atom is -0.498 e. The third-order valence-electron chi connectivity index (χ3n) is 6.22. The summed E-state index contributed by atoms with van der Waals surface area (Å²) in [6.45, 7) is 0.416. The maximum absolute atomic E-state index is 13.4. The molecule has 2 atom stereocenters. The van der Waals surface area contributed by atoms with Gasteiger partial charge in [-0.2, -0.15) is 11.6 Å². The van der Waals surface area contributed by atoms with Crippen molar-refractivity contribution in [3.8, 4) is 22.6 Å². The second kappa shape index (κ2) is 14.7. The van der Waals surface area contributed by atoms with Crippen LogP contribution in [0.15, 0.2) is 36.4 Å². The molecular formula is C27H34N3O7Rh-. The maximum Gasteiger partial charge on any atom is 0.328 e. The number of hydrogen-bond acceptors (Lipinski definition) is 8. The zero-order valence-electron chi connectivity index (χ0n) is 22.1. The Morgan fingerprint density at radius 1 is 1.00 bits per heavy atom. The first-order chi connectivity index (χ1) is 17.9. The molecule has 2 amide bonds. The molecule has 4 bridgehead atoms. The van der Waals surface area contributed by atoms with Crippen LogP contribution in [0.25, 0.3) is 11.1 Å². The molecule has 0 saturated carbocycles. The topological polar surface area (TPSA) is 124 Å². The Labute approximate surface area is 235 Å². The molecule has 3 rings (SSSR count). The number of fused-ring (bicyclic) bond motifs is 5. The number of ether oxygens (including phenoxy) is 4. The van der Waals surface area contributed by atoms with Crippen molar-refractivity contribution in [2.45, 2.75) is 31.3 Å². The van der Waals surface area contributed by atoms with Gasteiger partial charge in [0.15, 0.2) is 0 Å². The van der Waals surface area contributed by atoms with Crippen LogP contribution in [0.3, 0.4) is 0 Å². The van der Waals surface area contributed by atoms with E-state index >= 15 is 0 Å². The van der Waals surface area contributed by atoms with E-state index in [-0.39, 0.29) is 31.9 Å². The van der Waals surface area contributed by atoms with Crippen LogP contribution in [0, 0.1) is 6.04 Å². The molecule has 0 aromatic heterocycles. The molecule has 1 aliphatic heterocycles. The first-order valence-corrected chi connectivity index (χ1v) is 11.9. The van der Waals surface area contributed by atoms with E-state index in [1.807, 2.05) is 18.2 Å². The van der Waals surface area contributed by atoms with Crippen LogP contribution in [0.1, 0.15) is 24.0 Å². The molecule has 38 heavy (non-hydrogen) atoms. The second-order valence-corrected chi connectivity index (χ2v) is 8.52. The van der Waals surface area contributed by atoms with Crippen molar-refractivity contribution in [3.05, 3.63) is 53.6 Å². The first kappa shape index (κ1) is 31.1. The number of carbonyl (C=O) groups excluding carboxylic acids is 3. The van der Waals surface area contributed by atoms with E-state index in [4.69, 9.17) is 18.9 Å². The number of rotatable bonds is 8. The van der Waals surface area contributed by atoms with E-state index in [1.54, 1.807) is 46.6 Å². The fraction of sp³-hybridized carbons (Fsp3) is 0.407. The van der Waals surface area contributed by atoms with Crippen LogP contribution in [0.4, 0.5) is 0 Å². The number of hydrogen-bond donors (Lipinski definition) is 3. The fourth-order valence-electron chi connectivity index (χ4n) is 4.33. The molecule has 3 N–H and O–H groups in total. The number of amides is 2. The zero-order valence-corrected chi connectivity index (χ0v) is 23.8. The van der Waals surface area contributed by atoms with Crippen molar-refractivity contribution in [1.29, 1.82) is 0 Å². The molecule has 0 fully saturated rings. The van der Waals surface area contributed by atoms with E-state index < -0.39 is 29.9 Å². The van der Waals surface area contributed by atoms with Gasteiger partial charge in [0, 0.05) is 45.2 Å². The van der Waals surface area contributed by atoms with Gasteiger partial charge in [0.2, 0.25) is 11.8 Å². The molecule has 1 radical (unpaired) electrons. The van der Waals surface area contributed by atoms with Crippen LogP contribution in [0.5, 0.6) is 11.5 Å². The number of nitrogens with one attached hydrogen (secondary N) is 3. The van der Waals surface area contributed by atoms with Gasteiger partial charge >= 0.3 is 5.97 Å². The molecule has 2 aromatic rings. The maximum atomic E-state index is 13.4. The normalized spacial score (nSPS) is 17.3. The van der Waals surface area contributed by atoms with Crippen molar-refractivity contribution < 1.29 is 52.8 Å². The molecule has 10 nitrogen and oxygen atoms in total. The molecular weight excluding hydrogens is 581 g/mol. The Bertz CT molecular complexity index is 1130. The number of likely N-dealkylation sites (N-methyl/N-ethyl adjacent to an activating group) is 1. The van der Waals surface area contributed by atoms with Crippen LogP contribution >= 0.6 is 0 Å². The average molecular weight is 615 g/mol. The van der Waals surface area contributed by atoms with Gasteiger partial charge in [-0.3, -0.25) is 9.59 Å². The Kier molecular flexibility index (Phi) is 12.0. The summed E-state index contributed by atoms with van der Waals surface area (Å²) >= 11 is 0. The van der Waals surface area contributed by atoms with Gasteiger partial charge in [-0.25, -0.2) is 4.79 Å². The number of methoxy groups -OCH3 is 4. The largest absolute Gasteiger partial charge is 0.498 e. The van der Waals surface area contributed by atoms with Crippen molar-refractivity contribution >= 4 is 17.8 Å². The van der Waals surface area contributed by atoms with E-state index in [0.29, 0.717) is 47.6 Å². The van der Waals surface area contributed by atoms with E-state index in [9.17, 15) is 14.4 Å². The summed E-state index contributed by atoms with van der Waals surface area (Å²) in [6, 6.07) is 9.27. The monoisotopic (exact) mass is 615 g/mol. The van der Waals surface area contributed by atoms with E-state index in [2.05, 4.69) is 16.0 Å². The van der Waals surface area contributed by atoms with Crippen LogP contribution in [-0.4, -0.2) is 72.0 Å². The quantitative estimate of drug-likeness (QED) is 0.177.